The van der Waals surface area contributed by atoms with E-state index in [2.05, 4.69) is 29.4 Å². The highest BCUT2D eigenvalue weighted by Gasteiger charge is 2.05. The lowest BCUT2D eigenvalue weighted by atomic mass is 10.2. The van der Waals surface area contributed by atoms with Crippen LogP contribution in [0.25, 0.3) is 0 Å². The van der Waals surface area contributed by atoms with Crippen molar-refractivity contribution in [2.24, 2.45) is 5.73 Å². The molecular formula is C14H23N3O. The smallest absolute Gasteiger partial charge is 0.236 e. The quantitative estimate of drug-likeness (QED) is 0.708. The standard InChI is InChI=1S/C14H23N3O/c1-12(15)14(18)16-9-6-10-17(2)11-13-7-4-3-5-8-13/h3-5,7-8,12H,6,9-11,15H2,1-2H3,(H,16,18)/t12-/m1/s1. The highest BCUT2D eigenvalue weighted by molar-refractivity contribution is 5.80. The fourth-order valence-electron chi connectivity index (χ4n) is 1.70. The molecule has 1 atom stereocenters. The summed E-state index contributed by atoms with van der Waals surface area (Å²) in [4.78, 5) is 13.5. The molecule has 1 aromatic carbocycles. The molecule has 0 unspecified atom stereocenters. The van der Waals surface area contributed by atoms with Gasteiger partial charge < -0.3 is 16.0 Å². The van der Waals surface area contributed by atoms with Gasteiger partial charge in [-0.05, 0) is 32.5 Å². The van der Waals surface area contributed by atoms with Crippen LogP contribution in [0.5, 0.6) is 0 Å². The van der Waals surface area contributed by atoms with Crippen molar-refractivity contribution in [3.8, 4) is 0 Å². The van der Waals surface area contributed by atoms with Gasteiger partial charge in [-0.1, -0.05) is 30.3 Å². The Morgan fingerprint density at radius 1 is 1.39 bits per heavy atom. The molecular weight excluding hydrogens is 226 g/mol. The number of amides is 1. The first kappa shape index (κ1) is 14.7. The van der Waals surface area contributed by atoms with Gasteiger partial charge in [-0.3, -0.25) is 4.79 Å². The number of nitrogens with two attached hydrogens (primary N) is 1. The van der Waals surface area contributed by atoms with Crippen LogP contribution in [0.3, 0.4) is 0 Å². The molecule has 0 heterocycles. The molecule has 0 saturated carbocycles. The maximum Gasteiger partial charge on any atom is 0.236 e. The molecule has 0 radical (unpaired) electrons. The van der Waals surface area contributed by atoms with Gasteiger partial charge in [0.2, 0.25) is 5.91 Å². The molecule has 0 bridgehead atoms. The topological polar surface area (TPSA) is 58.4 Å². The van der Waals surface area contributed by atoms with E-state index >= 15 is 0 Å². The third-order valence-electron chi connectivity index (χ3n) is 2.72. The van der Waals surface area contributed by atoms with Gasteiger partial charge in [-0.25, -0.2) is 0 Å². The zero-order valence-electron chi connectivity index (χ0n) is 11.2. The molecule has 1 aromatic rings. The SMILES string of the molecule is C[C@@H](N)C(=O)NCCCN(C)Cc1ccccc1. The summed E-state index contributed by atoms with van der Waals surface area (Å²) in [5.41, 5.74) is 6.76. The van der Waals surface area contributed by atoms with Gasteiger partial charge in [-0.15, -0.1) is 0 Å². The second-order valence-corrected chi connectivity index (χ2v) is 4.66. The van der Waals surface area contributed by atoms with E-state index in [-0.39, 0.29) is 5.91 Å². The maximum atomic E-state index is 11.2. The fraction of sp³-hybridized carbons (Fsp3) is 0.500. The highest BCUT2D eigenvalue weighted by atomic mass is 16.2. The van der Waals surface area contributed by atoms with E-state index in [0.29, 0.717) is 6.54 Å². The molecule has 100 valence electrons. The molecule has 4 nitrogen and oxygen atoms in total. The van der Waals surface area contributed by atoms with Crippen LogP contribution in [0.2, 0.25) is 0 Å². The molecule has 4 heteroatoms. The largest absolute Gasteiger partial charge is 0.355 e. The van der Waals surface area contributed by atoms with Gasteiger partial charge in [0.05, 0.1) is 6.04 Å². The molecule has 1 amide bonds. The molecule has 18 heavy (non-hydrogen) atoms. The van der Waals surface area contributed by atoms with E-state index in [1.165, 1.54) is 5.56 Å². The maximum absolute atomic E-state index is 11.2. The molecule has 0 aliphatic rings. The zero-order valence-corrected chi connectivity index (χ0v) is 11.2. The fourth-order valence-corrected chi connectivity index (χ4v) is 1.70. The van der Waals surface area contributed by atoms with Crippen molar-refractivity contribution in [3.05, 3.63) is 35.9 Å². The Kier molecular flexibility index (Phi) is 6.39. The number of carbonyl (C=O) groups is 1. The lowest BCUT2D eigenvalue weighted by molar-refractivity contribution is -0.121. The molecule has 0 fully saturated rings. The van der Waals surface area contributed by atoms with E-state index < -0.39 is 6.04 Å². The van der Waals surface area contributed by atoms with Gasteiger partial charge in [0.15, 0.2) is 0 Å². The van der Waals surface area contributed by atoms with Crippen LogP contribution in [-0.2, 0) is 11.3 Å². The molecule has 0 saturated heterocycles. The summed E-state index contributed by atoms with van der Waals surface area (Å²) in [5, 5.41) is 2.81. The molecule has 0 spiro atoms. The monoisotopic (exact) mass is 249 g/mol. The summed E-state index contributed by atoms with van der Waals surface area (Å²) < 4.78 is 0. The summed E-state index contributed by atoms with van der Waals surface area (Å²) in [6.07, 6.45) is 0.932. The van der Waals surface area contributed by atoms with Gasteiger partial charge in [-0.2, -0.15) is 0 Å². The van der Waals surface area contributed by atoms with Gasteiger partial charge in [0.25, 0.3) is 0 Å². The van der Waals surface area contributed by atoms with Crippen LogP contribution in [0.4, 0.5) is 0 Å². The summed E-state index contributed by atoms with van der Waals surface area (Å²) in [7, 11) is 2.08. The van der Waals surface area contributed by atoms with E-state index in [0.717, 1.165) is 19.5 Å². The molecule has 0 aliphatic heterocycles. The number of nitrogens with one attached hydrogen (secondary N) is 1. The Morgan fingerprint density at radius 2 is 2.06 bits per heavy atom. The molecule has 3 N–H and O–H groups in total. The van der Waals surface area contributed by atoms with E-state index in [9.17, 15) is 4.79 Å². The first-order valence-corrected chi connectivity index (χ1v) is 6.35. The lowest BCUT2D eigenvalue weighted by Crippen LogP contribution is -2.39. The number of carbonyl (C=O) groups excluding carboxylic acids is 1. The summed E-state index contributed by atoms with van der Waals surface area (Å²) in [6.45, 7) is 4.26. The van der Waals surface area contributed by atoms with E-state index in [4.69, 9.17) is 5.73 Å². The number of rotatable bonds is 7. The lowest BCUT2D eigenvalue weighted by Gasteiger charge is -2.17. The van der Waals surface area contributed by atoms with Crippen molar-refractivity contribution in [2.45, 2.75) is 25.9 Å². The minimum atomic E-state index is -0.424. The number of benzene rings is 1. The number of hydrogen-bond donors (Lipinski definition) is 2. The Balaban J connectivity index is 2.14. The average Bonchev–Trinajstić information content (AvgIpc) is 2.35. The van der Waals surface area contributed by atoms with Crippen LogP contribution in [-0.4, -0.2) is 37.0 Å². The minimum absolute atomic E-state index is 0.0827. The van der Waals surface area contributed by atoms with Crippen molar-refractivity contribution in [1.29, 1.82) is 0 Å². The third-order valence-corrected chi connectivity index (χ3v) is 2.72. The van der Waals surface area contributed by atoms with E-state index in [1.807, 2.05) is 18.2 Å². The van der Waals surface area contributed by atoms with Gasteiger partial charge in [0, 0.05) is 13.1 Å². The van der Waals surface area contributed by atoms with Gasteiger partial charge >= 0.3 is 0 Å². The Labute approximate surface area is 109 Å². The van der Waals surface area contributed by atoms with Crippen molar-refractivity contribution < 1.29 is 4.79 Å². The van der Waals surface area contributed by atoms with Crippen molar-refractivity contribution in [1.82, 2.24) is 10.2 Å². The van der Waals surface area contributed by atoms with Crippen molar-refractivity contribution >= 4 is 5.91 Å². The summed E-state index contributed by atoms with van der Waals surface area (Å²) in [6, 6.07) is 9.93. The first-order valence-electron chi connectivity index (χ1n) is 6.35. The predicted molar refractivity (Wildman–Crippen MR) is 74.1 cm³/mol. The Hall–Kier alpha value is -1.39. The molecule has 1 rings (SSSR count). The summed E-state index contributed by atoms with van der Waals surface area (Å²) >= 11 is 0. The Morgan fingerprint density at radius 3 is 2.67 bits per heavy atom. The van der Waals surface area contributed by atoms with Crippen LogP contribution in [0.15, 0.2) is 30.3 Å². The van der Waals surface area contributed by atoms with Crippen molar-refractivity contribution in [2.75, 3.05) is 20.1 Å². The second kappa shape index (κ2) is 7.84. The van der Waals surface area contributed by atoms with Gasteiger partial charge in [0.1, 0.15) is 0 Å². The van der Waals surface area contributed by atoms with Crippen LogP contribution in [0, 0.1) is 0 Å². The highest BCUT2D eigenvalue weighted by Crippen LogP contribution is 2.02. The van der Waals surface area contributed by atoms with E-state index in [1.54, 1.807) is 6.92 Å². The van der Waals surface area contributed by atoms with Crippen LogP contribution < -0.4 is 11.1 Å². The average molecular weight is 249 g/mol. The first-order chi connectivity index (χ1) is 8.59. The zero-order chi connectivity index (χ0) is 13.4. The third kappa shape index (κ3) is 5.80. The number of nitrogens with zero attached hydrogens (tertiary/aromatic N) is 1. The van der Waals surface area contributed by atoms with Crippen molar-refractivity contribution in [3.63, 3.8) is 0 Å². The summed E-state index contributed by atoms with van der Waals surface area (Å²) in [5.74, 6) is -0.0827. The minimum Gasteiger partial charge on any atom is -0.355 e. The predicted octanol–water partition coefficient (Wildman–Crippen LogP) is 0.972. The van der Waals surface area contributed by atoms with Crippen LogP contribution >= 0.6 is 0 Å². The Bertz CT molecular complexity index is 351. The second-order valence-electron chi connectivity index (χ2n) is 4.66. The van der Waals surface area contributed by atoms with Crippen LogP contribution in [0.1, 0.15) is 18.9 Å². The molecule has 0 aromatic heterocycles. The number of hydrogen-bond acceptors (Lipinski definition) is 3. The molecule has 0 aliphatic carbocycles. The normalized spacial score (nSPS) is 12.4.